The van der Waals surface area contributed by atoms with Crippen LogP contribution in [0.2, 0.25) is 5.02 Å². The van der Waals surface area contributed by atoms with Gasteiger partial charge in [-0.05, 0) is 50.1 Å². The molecule has 31 heavy (non-hydrogen) atoms. The number of nitrogens with two attached hydrogens (primary N) is 1. The lowest BCUT2D eigenvalue weighted by Crippen LogP contribution is -2.45. The topological polar surface area (TPSA) is 87.9 Å². The van der Waals surface area contributed by atoms with Gasteiger partial charge in [0.25, 0.3) is 0 Å². The molecule has 0 aliphatic carbocycles. The quantitative estimate of drug-likeness (QED) is 0.606. The zero-order chi connectivity index (χ0) is 23.0. The minimum absolute atomic E-state index is 0.0605. The molecule has 2 aromatic carbocycles. The standard InChI is InChI=1S/C24H28ClNO5/c1-24(2,3)31-23(28)21(26)19(22(27)30-15-16-8-6-5-7-9-16)12-10-17-14-18(29-4)11-13-20(17)25/h5-14,19,21H,15,26H2,1-4H3/b12-10-. The van der Waals surface area contributed by atoms with Crippen molar-refractivity contribution in [2.45, 2.75) is 39.0 Å². The highest BCUT2D eigenvalue weighted by Gasteiger charge is 2.33. The van der Waals surface area contributed by atoms with Crippen LogP contribution < -0.4 is 10.5 Å². The van der Waals surface area contributed by atoms with Gasteiger partial charge in [-0.1, -0.05) is 54.1 Å². The van der Waals surface area contributed by atoms with Crippen molar-refractivity contribution in [1.82, 2.24) is 0 Å². The number of hydrogen-bond acceptors (Lipinski definition) is 6. The molecule has 0 bridgehead atoms. The number of benzene rings is 2. The van der Waals surface area contributed by atoms with Crippen LogP contribution in [-0.2, 0) is 25.7 Å². The van der Waals surface area contributed by atoms with Crippen LogP contribution in [0, 0.1) is 5.92 Å². The van der Waals surface area contributed by atoms with Crippen molar-refractivity contribution in [2.24, 2.45) is 11.7 Å². The Morgan fingerprint density at radius 2 is 1.77 bits per heavy atom. The van der Waals surface area contributed by atoms with Gasteiger partial charge in [0.1, 0.15) is 29.9 Å². The summed E-state index contributed by atoms with van der Waals surface area (Å²) in [7, 11) is 1.54. The lowest BCUT2D eigenvalue weighted by atomic mass is 9.98. The van der Waals surface area contributed by atoms with Crippen LogP contribution in [0.15, 0.2) is 54.6 Å². The summed E-state index contributed by atoms with van der Waals surface area (Å²) in [6.45, 7) is 5.25. The molecule has 166 valence electrons. The van der Waals surface area contributed by atoms with Crippen LogP contribution in [0.25, 0.3) is 6.08 Å². The third-order valence-electron chi connectivity index (χ3n) is 4.25. The van der Waals surface area contributed by atoms with E-state index in [1.54, 1.807) is 52.2 Å². The van der Waals surface area contributed by atoms with Crippen LogP contribution in [0.3, 0.4) is 0 Å². The molecule has 0 aliphatic rings. The molecular weight excluding hydrogens is 418 g/mol. The molecule has 0 aromatic heterocycles. The second-order valence-corrected chi connectivity index (χ2v) is 8.33. The lowest BCUT2D eigenvalue weighted by molar-refractivity contribution is -0.162. The van der Waals surface area contributed by atoms with Crippen molar-refractivity contribution < 1.29 is 23.8 Å². The smallest absolute Gasteiger partial charge is 0.324 e. The normalized spacial score (nSPS) is 13.5. The van der Waals surface area contributed by atoms with E-state index >= 15 is 0 Å². The number of hydrogen-bond donors (Lipinski definition) is 1. The zero-order valence-corrected chi connectivity index (χ0v) is 18.9. The Labute approximate surface area is 187 Å². The summed E-state index contributed by atoms with van der Waals surface area (Å²) in [6.07, 6.45) is 3.12. The molecule has 0 amide bonds. The van der Waals surface area contributed by atoms with Crippen molar-refractivity contribution in [3.8, 4) is 5.75 Å². The first kappa shape index (κ1) is 24.4. The maximum Gasteiger partial charge on any atom is 0.324 e. The summed E-state index contributed by atoms with van der Waals surface area (Å²) in [6, 6.07) is 13.1. The molecule has 2 N–H and O–H groups in total. The highest BCUT2D eigenvalue weighted by Crippen LogP contribution is 2.24. The van der Waals surface area contributed by atoms with E-state index in [9.17, 15) is 9.59 Å². The molecular formula is C24H28ClNO5. The Morgan fingerprint density at radius 1 is 1.10 bits per heavy atom. The van der Waals surface area contributed by atoms with E-state index in [0.29, 0.717) is 16.3 Å². The molecule has 2 atom stereocenters. The van der Waals surface area contributed by atoms with E-state index < -0.39 is 29.5 Å². The van der Waals surface area contributed by atoms with Crippen molar-refractivity contribution >= 4 is 29.6 Å². The predicted molar refractivity (Wildman–Crippen MR) is 121 cm³/mol. The molecule has 2 rings (SSSR count). The SMILES string of the molecule is COc1ccc(Cl)c(/C=C\C(C(=O)OCc2ccccc2)C(N)C(=O)OC(C)(C)C)c1. The maximum atomic E-state index is 12.8. The van der Waals surface area contributed by atoms with E-state index in [4.69, 9.17) is 31.5 Å². The van der Waals surface area contributed by atoms with Crippen LogP contribution in [0.4, 0.5) is 0 Å². The van der Waals surface area contributed by atoms with Crippen molar-refractivity contribution in [1.29, 1.82) is 0 Å². The molecule has 0 saturated heterocycles. The fourth-order valence-corrected chi connectivity index (χ4v) is 2.85. The van der Waals surface area contributed by atoms with Crippen LogP contribution in [0.1, 0.15) is 31.9 Å². The van der Waals surface area contributed by atoms with Gasteiger partial charge in [-0.25, -0.2) is 0 Å². The van der Waals surface area contributed by atoms with Gasteiger partial charge < -0.3 is 19.9 Å². The van der Waals surface area contributed by atoms with Gasteiger partial charge in [0.15, 0.2) is 0 Å². The first-order valence-corrected chi connectivity index (χ1v) is 10.2. The van der Waals surface area contributed by atoms with E-state index in [0.717, 1.165) is 5.56 Å². The van der Waals surface area contributed by atoms with Gasteiger partial charge in [0.05, 0.1) is 7.11 Å². The van der Waals surface area contributed by atoms with Crippen molar-refractivity contribution in [3.63, 3.8) is 0 Å². The Kier molecular flexibility index (Phi) is 8.65. The molecule has 0 heterocycles. The Balaban J connectivity index is 2.26. The molecule has 6 nitrogen and oxygen atoms in total. The third kappa shape index (κ3) is 7.74. The van der Waals surface area contributed by atoms with E-state index in [1.165, 1.54) is 6.08 Å². The van der Waals surface area contributed by atoms with E-state index in [1.807, 2.05) is 30.3 Å². The van der Waals surface area contributed by atoms with Crippen molar-refractivity contribution in [2.75, 3.05) is 7.11 Å². The second kappa shape index (κ2) is 11.0. The molecule has 2 aromatic rings. The van der Waals surface area contributed by atoms with Gasteiger partial charge in [0, 0.05) is 5.02 Å². The summed E-state index contributed by atoms with van der Waals surface area (Å²) < 4.78 is 16.0. The average molecular weight is 446 g/mol. The van der Waals surface area contributed by atoms with Gasteiger partial charge in [-0.3, -0.25) is 9.59 Å². The third-order valence-corrected chi connectivity index (χ3v) is 4.59. The molecule has 0 saturated carbocycles. The number of ether oxygens (including phenoxy) is 3. The van der Waals surface area contributed by atoms with E-state index in [-0.39, 0.29) is 6.61 Å². The first-order chi connectivity index (χ1) is 14.6. The molecule has 7 heteroatoms. The fraction of sp³-hybridized carbons (Fsp3) is 0.333. The molecule has 0 aliphatic heterocycles. The summed E-state index contributed by atoms with van der Waals surface area (Å²) in [5.74, 6) is -1.81. The largest absolute Gasteiger partial charge is 0.497 e. The number of rotatable bonds is 8. The highest BCUT2D eigenvalue weighted by molar-refractivity contribution is 6.32. The first-order valence-electron chi connectivity index (χ1n) is 9.81. The number of carbonyl (C=O) groups is 2. The summed E-state index contributed by atoms with van der Waals surface area (Å²) in [4.78, 5) is 25.4. The minimum atomic E-state index is -1.25. The predicted octanol–water partition coefficient (Wildman–Crippen LogP) is 4.39. The number of halogens is 1. The van der Waals surface area contributed by atoms with Crippen molar-refractivity contribution in [3.05, 3.63) is 70.8 Å². The van der Waals surface area contributed by atoms with Crippen LogP contribution in [0.5, 0.6) is 5.75 Å². The summed E-state index contributed by atoms with van der Waals surface area (Å²) in [5, 5.41) is 0.458. The average Bonchev–Trinajstić information content (AvgIpc) is 2.72. The zero-order valence-electron chi connectivity index (χ0n) is 18.1. The van der Waals surface area contributed by atoms with Gasteiger partial charge in [0.2, 0.25) is 0 Å². The Bertz CT molecular complexity index is 921. The summed E-state index contributed by atoms with van der Waals surface area (Å²) in [5.41, 5.74) is 6.80. The van der Waals surface area contributed by atoms with Crippen LogP contribution in [-0.4, -0.2) is 30.7 Å². The van der Waals surface area contributed by atoms with Gasteiger partial charge in [-0.15, -0.1) is 0 Å². The molecule has 2 unspecified atom stereocenters. The molecule has 0 fully saturated rings. The number of carbonyl (C=O) groups excluding carboxylic acids is 2. The second-order valence-electron chi connectivity index (χ2n) is 7.92. The maximum absolute atomic E-state index is 12.8. The monoisotopic (exact) mass is 445 g/mol. The number of esters is 2. The fourth-order valence-electron chi connectivity index (χ4n) is 2.67. The summed E-state index contributed by atoms with van der Waals surface area (Å²) >= 11 is 6.24. The highest BCUT2D eigenvalue weighted by atomic mass is 35.5. The van der Waals surface area contributed by atoms with E-state index in [2.05, 4.69) is 0 Å². The van der Waals surface area contributed by atoms with Gasteiger partial charge >= 0.3 is 11.9 Å². The van der Waals surface area contributed by atoms with Gasteiger partial charge in [-0.2, -0.15) is 0 Å². The molecule has 0 radical (unpaired) electrons. The Morgan fingerprint density at radius 3 is 2.39 bits per heavy atom. The minimum Gasteiger partial charge on any atom is -0.497 e. The van der Waals surface area contributed by atoms with Crippen LogP contribution >= 0.6 is 11.6 Å². The number of methoxy groups -OCH3 is 1. The molecule has 0 spiro atoms. The lowest BCUT2D eigenvalue weighted by Gasteiger charge is -2.24. The Hall–Kier alpha value is -2.83.